The summed E-state index contributed by atoms with van der Waals surface area (Å²) in [6.07, 6.45) is 0. The molecule has 0 N–H and O–H groups in total. The van der Waals surface area contributed by atoms with E-state index in [-0.39, 0.29) is 0 Å². The molecule has 0 atom stereocenters. The lowest BCUT2D eigenvalue weighted by atomic mass is 9.63. The number of hydrogen-bond acceptors (Lipinski definition) is 4. The molecule has 6 aromatic carbocycles. The van der Waals surface area contributed by atoms with Gasteiger partial charge >= 0.3 is 0 Å². The standard InChI is InChI=1S/C41H22N4/c42-23-27-11-9-12-28(24-43)39(27)33-17-3-7-21-37(33)41(35-19-5-1-15-31(35)32-16-2-6-20-36(32)41)38-22-8-4-18-34(38)40-29(25-44)13-10-14-30(40)26-45/h1-22H. The van der Waals surface area contributed by atoms with Gasteiger partial charge in [0.25, 0.3) is 0 Å². The first-order chi connectivity index (χ1) is 22.2. The molecule has 4 heteroatoms. The monoisotopic (exact) mass is 570 g/mol. The van der Waals surface area contributed by atoms with Gasteiger partial charge in [0, 0.05) is 11.1 Å². The number of fused-ring (bicyclic) bond motifs is 3. The van der Waals surface area contributed by atoms with Crippen LogP contribution >= 0.6 is 0 Å². The van der Waals surface area contributed by atoms with Gasteiger partial charge in [0.15, 0.2) is 0 Å². The maximum absolute atomic E-state index is 10.2. The second-order valence-corrected chi connectivity index (χ2v) is 10.8. The van der Waals surface area contributed by atoms with Crippen molar-refractivity contribution in [2.75, 3.05) is 0 Å². The molecule has 0 aromatic heterocycles. The van der Waals surface area contributed by atoms with Crippen LogP contribution in [0.5, 0.6) is 0 Å². The van der Waals surface area contributed by atoms with Crippen LogP contribution in [0, 0.1) is 45.3 Å². The number of nitrogens with zero attached hydrogens (tertiary/aromatic N) is 4. The molecule has 6 aromatic rings. The minimum atomic E-state index is -0.940. The summed E-state index contributed by atoms with van der Waals surface area (Å²) in [5, 5.41) is 41.0. The molecule has 7 rings (SSSR count). The molecular weight excluding hydrogens is 548 g/mol. The molecule has 0 heterocycles. The van der Waals surface area contributed by atoms with Crippen LogP contribution in [0.15, 0.2) is 133 Å². The zero-order valence-electron chi connectivity index (χ0n) is 24.0. The first-order valence-corrected chi connectivity index (χ1v) is 14.4. The smallest absolute Gasteiger partial charge is 0.0998 e. The van der Waals surface area contributed by atoms with Crippen LogP contribution in [0.1, 0.15) is 44.5 Å². The van der Waals surface area contributed by atoms with Crippen molar-refractivity contribution >= 4 is 0 Å². The fourth-order valence-corrected chi connectivity index (χ4v) is 7.07. The van der Waals surface area contributed by atoms with Crippen LogP contribution in [0.25, 0.3) is 33.4 Å². The van der Waals surface area contributed by atoms with Crippen LogP contribution in [0.2, 0.25) is 0 Å². The highest BCUT2D eigenvalue weighted by atomic mass is 14.5. The Morgan fingerprint density at radius 2 is 0.578 bits per heavy atom. The molecule has 0 unspecified atom stereocenters. The van der Waals surface area contributed by atoms with Gasteiger partial charge < -0.3 is 0 Å². The molecule has 0 saturated carbocycles. The van der Waals surface area contributed by atoms with Crippen molar-refractivity contribution in [2.24, 2.45) is 0 Å². The van der Waals surface area contributed by atoms with E-state index < -0.39 is 5.41 Å². The number of rotatable bonds is 4. The van der Waals surface area contributed by atoms with Gasteiger partial charge in [-0.25, -0.2) is 0 Å². The Labute approximate surface area is 261 Å². The fourth-order valence-electron chi connectivity index (χ4n) is 7.07. The minimum absolute atomic E-state index is 0.408. The fraction of sp³-hybridized carbons (Fsp3) is 0.0244. The number of hydrogen-bond donors (Lipinski definition) is 0. The highest BCUT2D eigenvalue weighted by molar-refractivity contribution is 5.93. The first-order valence-electron chi connectivity index (χ1n) is 14.4. The Kier molecular flexibility index (Phi) is 6.54. The molecule has 0 amide bonds. The predicted molar refractivity (Wildman–Crippen MR) is 173 cm³/mol. The lowest BCUT2D eigenvalue weighted by Crippen LogP contribution is -2.30. The SMILES string of the molecule is N#Cc1cccc(C#N)c1-c1ccccc1C1(c2ccccc2-c2c(C#N)cccc2C#N)c2ccccc2-c2ccccc21. The van der Waals surface area contributed by atoms with Crippen LogP contribution < -0.4 is 0 Å². The summed E-state index contributed by atoms with van der Waals surface area (Å²) in [5.41, 5.74) is 9.37. The summed E-state index contributed by atoms with van der Waals surface area (Å²) in [6, 6.07) is 52.3. The Bertz CT molecular complexity index is 2110. The van der Waals surface area contributed by atoms with E-state index >= 15 is 0 Å². The van der Waals surface area contributed by atoms with E-state index in [9.17, 15) is 21.0 Å². The van der Waals surface area contributed by atoms with E-state index in [1.165, 1.54) is 0 Å². The third-order valence-electron chi connectivity index (χ3n) is 8.76. The average molecular weight is 571 g/mol. The first kappa shape index (κ1) is 27.1. The maximum Gasteiger partial charge on any atom is 0.0998 e. The summed E-state index contributed by atoms with van der Waals surface area (Å²) in [4.78, 5) is 0. The highest BCUT2D eigenvalue weighted by Crippen LogP contribution is 2.59. The second kappa shape index (κ2) is 10.8. The zero-order valence-corrected chi connectivity index (χ0v) is 24.0. The van der Waals surface area contributed by atoms with E-state index in [2.05, 4.69) is 60.7 Å². The summed E-state index contributed by atoms with van der Waals surface area (Å²) < 4.78 is 0. The van der Waals surface area contributed by atoms with Gasteiger partial charge in [-0.2, -0.15) is 21.0 Å². The Morgan fingerprint density at radius 1 is 0.311 bits per heavy atom. The quantitative estimate of drug-likeness (QED) is 0.211. The van der Waals surface area contributed by atoms with Crippen molar-refractivity contribution in [3.05, 3.63) is 178 Å². The Morgan fingerprint density at radius 3 is 0.889 bits per heavy atom. The summed E-state index contributed by atoms with van der Waals surface area (Å²) in [5.74, 6) is 0. The van der Waals surface area contributed by atoms with Gasteiger partial charge in [-0.3, -0.25) is 0 Å². The largest absolute Gasteiger partial charge is 0.192 e. The van der Waals surface area contributed by atoms with E-state index in [1.807, 2.05) is 60.7 Å². The van der Waals surface area contributed by atoms with Gasteiger partial charge in [0.1, 0.15) is 0 Å². The van der Waals surface area contributed by atoms with Crippen LogP contribution in [-0.4, -0.2) is 0 Å². The molecule has 206 valence electrons. The summed E-state index contributed by atoms with van der Waals surface area (Å²) >= 11 is 0. The third-order valence-corrected chi connectivity index (χ3v) is 8.76. The van der Waals surface area contributed by atoms with E-state index in [1.54, 1.807) is 36.4 Å². The normalized spacial score (nSPS) is 12.1. The lowest BCUT2D eigenvalue weighted by Gasteiger charge is -2.37. The van der Waals surface area contributed by atoms with Crippen molar-refractivity contribution < 1.29 is 0 Å². The average Bonchev–Trinajstić information content (AvgIpc) is 3.41. The molecule has 0 fully saturated rings. The predicted octanol–water partition coefficient (Wildman–Crippen LogP) is 8.87. The van der Waals surface area contributed by atoms with Gasteiger partial charge in [-0.1, -0.05) is 109 Å². The van der Waals surface area contributed by atoms with Gasteiger partial charge in [0.2, 0.25) is 0 Å². The molecule has 0 aliphatic heterocycles. The topological polar surface area (TPSA) is 95.2 Å². The zero-order chi connectivity index (χ0) is 31.0. The molecule has 0 spiro atoms. The minimum Gasteiger partial charge on any atom is -0.192 e. The number of benzene rings is 6. The Balaban J connectivity index is 1.72. The molecule has 0 bridgehead atoms. The molecule has 0 radical (unpaired) electrons. The lowest BCUT2D eigenvalue weighted by molar-refractivity contribution is 0.772. The van der Waals surface area contributed by atoms with Crippen molar-refractivity contribution in [1.82, 2.24) is 0 Å². The van der Waals surface area contributed by atoms with Crippen molar-refractivity contribution in [3.63, 3.8) is 0 Å². The van der Waals surface area contributed by atoms with Gasteiger partial charge in [-0.05, 0) is 68.8 Å². The molecule has 1 aliphatic carbocycles. The maximum atomic E-state index is 10.2. The summed E-state index contributed by atoms with van der Waals surface area (Å²) in [6.45, 7) is 0. The molecule has 4 nitrogen and oxygen atoms in total. The molecule has 1 aliphatic rings. The van der Waals surface area contributed by atoms with Gasteiger partial charge in [0.05, 0.1) is 51.9 Å². The van der Waals surface area contributed by atoms with Crippen molar-refractivity contribution in [1.29, 1.82) is 21.0 Å². The van der Waals surface area contributed by atoms with Crippen LogP contribution in [-0.2, 0) is 5.41 Å². The van der Waals surface area contributed by atoms with E-state index in [0.29, 0.717) is 33.4 Å². The van der Waals surface area contributed by atoms with Gasteiger partial charge in [-0.15, -0.1) is 0 Å². The molecule has 45 heavy (non-hydrogen) atoms. The van der Waals surface area contributed by atoms with E-state index in [0.717, 1.165) is 44.5 Å². The van der Waals surface area contributed by atoms with Crippen LogP contribution in [0.4, 0.5) is 0 Å². The van der Waals surface area contributed by atoms with Crippen molar-refractivity contribution in [3.8, 4) is 57.7 Å². The molecular formula is C41H22N4. The second-order valence-electron chi connectivity index (χ2n) is 10.8. The van der Waals surface area contributed by atoms with E-state index in [4.69, 9.17) is 0 Å². The van der Waals surface area contributed by atoms with Crippen LogP contribution in [0.3, 0.4) is 0 Å². The third kappa shape index (κ3) is 3.89. The highest BCUT2D eigenvalue weighted by Gasteiger charge is 2.48. The number of nitriles is 4. The summed E-state index contributed by atoms with van der Waals surface area (Å²) in [7, 11) is 0. The molecule has 0 saturated heterocycles. The Hall–Kier alpha value is -6.72. The van der Waals surface area contributed by atoms with Crippen molar-refractivity contribution in [2.45, 2.75) is 5.41 Å².